The average Bonchev–Trinajstić information content (AvgIpc) is 2.77. The molecule has 1 saturated heterocycles. The fourth-order valence-corrected chi connectivity index (χ4v) is 4.72. The summed E-state index contributed by atoms with van der Waals surface area (Å²) in [6.07, 6.45) is 1.90. The van der Waals surface area contributed by atoms with Crippen LogP contribution in [0.1, 0.15) is 28.4 Å². The maximum absolute atomic E-state index is 12.4. The molecule has 1 N–H and O–H groups in total. The fraction of sp³-hybridized carbons (Fsp3) is 0.769. The third-order valence-corrected chi connectivity index (χ3v) is 6.30. The third-order valence-electron chi connectivity index (χ3n) is 3.70. The zero-order valence-corrected chi connectivity index (χ0v) is 14.4. The lowest BCUT2D eigenvalue weighted by Crippen LogP contribution is -2.46. The monoisotopic (exact) mass is 333 g/mol. The van der Waals surface area contributed by atoms with Gasteiger partial charge in [-0.2, -0.15) is 17.4 Å². The van der Waals surface area contributed by atoms with E-state index in [1.54, 1.807) is 7.11 Å². The van der Waals surface area contributed by atoms with E-state index in [1.807, 2.05) is 13.8 Å². The lowest BCUT2D eigenvalue weighted by Gasteiger charge is -2.31. The van der Waals surface area contributed by atoms with Crippen LogP contribution in [0, 0.1) is 19.8 Å². The number of nitrogens with one attached hydrogen (secondary N) is 1. The predicted octanol–water partition coefficient (Wildman–Crippen LogP) is 1.45. The Kier molecular flexibility index (Phi) is 5.73. The summed E-state index contributed by atoms with van der Waals surface area (Å²) in [6, 6.07) is 0. The topological polar surface area (TPSA) is 71.5 Å². The molecule has 1 atom stereocenters. The first-order valence-electron chi connectivity index (χ1n) is 7.09. The van der Waals surface area contributed by atoms with Crippen LogP contribution < -0.4 is 4.72 Å². The summed E-state index contributed by atoms with van der Waals surface area (Å²) < 4.78 is 34.0. The SMILES string of the molecule is COCC1CCCN(S(=O)(=O)NCc2nc(C)c(C)s2)C1. The first kappa shape index (κ1) is 16.8. The summed E-state index contributed by atoms with van der Waals surface area (Å²) in [5.74, 6) is 0.282. The van der Waals surface area contributed by atoms with Crippen LogP contribution in [0.25, 0.3) is 0 Å². The Balaban J connectivity index is 1.94. The van der Waals surface area contributed by atoms with Crippen molar-refractivity contribution < 1.29 is 13.2 Å². The number of aryl methyl sites for hydroxylation is 2. The summed E-state index contributed by atoms with van der Waals surface area (Å²) in [5, 5.41) is 0.805. The highest BCUT2D eigenvalue weighted by Crippen LogP contribution is 2.20. The summed E-state index contributed by atoms with van der Waals surface area (Å²) in [7, 11) is -1.79. The van der Waals surface area contributed by atoms with Crippen molar-refractivity contribution >= 4 is 21.5 Å². The maximum Gasteiger partial charge on any atom is 0.279 e. The van der Waals surface area contributed by atoms with E-state index in [9.17, 15) is 8.42 Å². The van der Waals surface area contributed by atoms with Crippen LogP contribution >= 0.6 is 11.3 Å². The lowest BCUT2D eigenvalue weighted by atomic mass is 10.0. The van der Waals surface area contributed by atoms with Crippen LogP contribution in [-0.4, -0.2) is 44.5 Å². The van der Waals surface area contributed by atoms with Crippen LogP contribution in [0.2, 0.25) is 0 Å². The Hall–Kier alpha value is -0.540. The summed E-state index contributed by atoms with van der Waals surface area (Å²) in [6.45, 7) is 5.89. The van der Waals surface area contributed by atoms with Gasteiger partial charge in [0.25, 0.3) is 10.2 Å². The average molecular weight is 333 g/mol. The van der Waals surface area contributed by atoms with Crippen molar-refractivity contribution in [2.24, 2.45) is 5.92 Å². The highest BCUT2D eigenvalue weighted by molar-refractivity contribution is 7.87. The maximum atomic E-state index is 12.4. The fourth-order valence-electron chi connectivity index (χ4n) is 2.48. The second kappa shape index (κ2) is 7.15. The highest BCUT2D eigenvalue weighted by atomic mass is 32.2. The van der Waals surface area contributed by atoms with Crippen LogP contribution in [0.4, 0.5) is 0 Å². The molecule has 0 radical (unpaired) electrons. The van der Waals surface area contributed by atoms with E-state index < -0.39 is 10.2 Å². The van der Waals surface area contributed by atoms with Crippen LogP contribution in [0.5, 0.6) is 0 Å². The molecular weight excluding hydrogens is 310 g/mol. The van der Waals surface area contributed by atoms with Crippen molar-refractivity contribution in [3.05, 3.63) is 15.6 Å². The Bertz CT molecular complexity index is 550. The van der Waals surface area contributed by atoms with Gasteiger partial charge in [-0.15, -0.1) is 11.3 Å². The lowest BCUT2D eigenvalue weighted by molar-refractivity contribution is 0.118. The van der Waals surface area contributed by atoms with Gasteiger partial charge in [-0.1, -0.05) is 0 Å². The van der Waals surface area contributed by atoms with Gasteiger partial charge in [-0.05, 0) is 32.6 Å². The zero-order valence-electron chi connectivity index (χ0n) is 12.8. The normalized spacial score (nSPS) is 20.8. The van der Waals surface area contributed by atoms with Gasteiger partial charge < -0.3 is 4.74 Å². The minimum atomic E-state index is -3.44. The van der Waals surface area contributed by atoms with Crippen molar-refractivity contribution in [1.29, 1.82) is 0 Å². The number of hydrogen-bond donors (Lipinski definition) is 1. The first-order valence-corrected chi connectivity index (χ1v) is 9.34. The molecule has 1 aliphatic rings. The molecule has 2 heterocycles. The number of rotatable bonds is 6. The molecule has 2 rings (SSSR count). The van der Waals surface area contributed by atoms with Gasteiger partial charge in [0.1, 0.15) is 5.01 Å². The molecule has 0 aromatic carbocycles. The number of aromatic nitrogens is 1. The van der Waals surface area contributed by atoms with Crippen molar-refractivity contribution in [1.82, 2.24) is 14.0 Å². The molecule has 1 unspecified atom stereocenters. The molecule has 120 valence electrons. The van der Waals surface area contributed by atoms with Crippen molar-refractivity contribution in [2.45, 2.75) is 33.2 Å². The van der Waals surface area contributed by atoms with Crippen LogP contribution in [-0.2, 0) is 21.5 Å². The van der Waals surface area contributed by atoms with E-state index in [1.165, 1.54) is 15.6 Å². The van der Waals surface area contributed by atoms with E-state index >= 15 is 0 Å². The molecule has 1 fully saturated rings. The number of nitrogens with zero attached hydrogens (tertiary/aromatic N) is 2. The number of hydrogen-bond acceptors (Lipinski definition) is 5. The second-order valence-electron chi connectivity index (χ2n) is 5.40. The molecule has 1 aromatic rings. The molecule has 0 spiro atoms. The molecule has 6 nitrogen and oxygen atoms in total. The van der Waals surface area contributed by atoms with Crippen molar-refractivity contribution in [3.63, 3.8) is 0 Å². The van der Waals surface area contributed by atoms with Gasteiger partial charge in [-0.25, -0.2) is 4.98 Å². The molecule has 0 saturated carbocycles. The minimum Gasteiger partial charge on any atom is -0.384 e. The van der Waals surface area contributed by atoms with Gasteiger partial charge in [0, 0.05) is 25.1 Å². The Morgan fingerprint density at radius 3 is 2.86 bits per heavy atom. The molecule has 0 bridgehead atoms. The molecule has 8 heteroatoms. The van der Waals surface area contributed by atoms with Gasteiger partial charge in [-0.3, -0.25) is 0 Å². The molecule has 21 heavy (non-hydrogen) atoms. The number of thiazole rings is 1. The number of piperidine rings is 1. The molecule has 0 aliphatic carbocycles. The summed E-state index contributed by atoms with van der Waals surface area (Å²) in [4.78, 5) is 5.48. The van der Waals surface area contributed by atoms with E-state index in [2.05, 4.69) is 9.71 Å². The largest absolute Gasteiger partial charge is 0.384 e. The second-order valence-corrected chi connectivity index (χ2v) is 8.44. The number of ether oxygens (including phenoxy) is 1. The molecule has 0 amide bonds. The quantitative estimate of drug-likeness (QED) is 0.855. The van der Waals surface area contributed by atoms with Gasteiger partial charge in [0.05, 0.1) is 18.8 Å². The summed E-state index contributed by atoms with van der Waals surface area (Å²) in [5.41, 5.74) is 0.965. The zero-order chi connectivity index (χ0) is 15.5. The van der Waals surface area contributed by atoms with Crippen LogP contribution in [0.3, 0.4) is 0 Å². The Morgan fingerprint density at radius 2 is 2.24 bits per heavy atom. The standard InChI is InChI=1S/C13H23N3O3S2/c1-10-11(2)20-13(15-10)7-14-21(17,18)16-6-4-5-12(8-16)9-19-3/h12,14H,4-9H2,1-3H3. The minimum absolute atomic E-state index is 0.257. The van der Waals surface area contributed by atoms with Crippen LogP contribution in [0.15, 0.2) is 0 Å². The molecule has 1 aromatic heterocycles. The van der Waals surface area contributed by atoms with E-state index in [-0.39, 0.29) is 12.5 Å². The van der Waals surface area contributed by atoms with E-state index in [4.69, 9.17) is 4.74 Å². The first-order chi connectivity index (χ1) is 9.92. The van der Waals surface area contributed by atoms with Crippen molar-refractivity contribution in [3.8, 4) is 0 Å². The van der Waals surface area contributed by atoms with E-state index in [0.717, 1.165) is 28.4 Å². The summed E-state index contributed by atoms with van der Waals surface area (Å²) >= 11 is 1.53. The smallest absolute Gasteiger partial charge is 0.279 e. The third kappa shape index (κ3) is 4.46. The number of methoxy groups -OCH3 is 1. The van der Waals surface area contributed by atoms with Gasteiger partial charge in [0.15, 0.2) is 0 Å². The predicted molar refractivity (Wildman–Crippen MR) is 83.5 cm³/mol. The Morgan fingerprint density at radius 1 is 1.48 bits per heavy atom. The van der Waals surface area contributed by atoms with Gasteiger partial charge in [0.2, 0.25) is 0 Å². The van der Waals surface area contributed by atoms with Crippen molar-refractivity contribution in [2.75, 3.05) is 26.8 Å². The molecule has 1 aliphatic heterocycles. The highest BCUT2D eigenvalue weighted by Gasteiger charge is 2.28. The molecular formula is C13H23N3O3S2. The van der Waals surface area contributed by atoms with E-state index in [0.29, 0.717) is 19.7 Å². The Labute approximate surface area is 130 Å². The van der Waals surface area contributed by atoms with Gasteiger partial charge >= 0.3 is 0 Å².